The van der Waals surface area contributed by atoms with Gasteiger partial charge in [-0.1, -0.05) is 6.92 Å². The number of nitrogens with two attached hydrogens (primary N) is 1. The number of nitrogens with zero attached hydrogens (tertiary/aromatic N) is 1. The first-order chi connectivity index (χ1) is 9.82. The number of carbonyl (C=O) groups excluding carboxylic acids is 1. The van der Waals surface area contributed by atoms with Crippen molar-refractivity contribution in [1.82, 2.24) is 4.90 Å². The summed E-state index contributed by atoms with van der Waals surface area (Å²) in [5.74, 6) is 5.50. The summed E-state index contributed by atoms with van der Waals surface area (Å²) in [6, 6.07) is 3.39. The molecule has 1 aliphatic rings. The van der Waals surface area contributed by atoms with E-state index in [4.69, 9.17) is 5.84 Å². The van der Waals surface area contributed by atoms with Gasteiger partial charge in [-0.25, -0.2) is 0 Å². The number of halogens is 3. The molecule has 1 aromatic rings. The van der Waals surface area contributed by atoms with Gasteiger partial charge in [0, 0.05) is 29.7 Å². The van der Waals surface area contributed by atoms with Crippen molar-refractivity contribution < 1.29 is 18.0 Å². The quantitative estimate of drug-likeness (QED) is 0.650. The van der Waals surface area contributed by atoms with E-state index < -0.39 is 11.7 Å². The number of hydrogen-bond donors (Lipinski definition) is 2. The minimum atomic E-state index is -4.57. The topological polar surface area (TPSA) is 58.4 Å². The normalized spacial score (nSPS) is 19.5. The Morgan fingerprint density at radius 3 is 2.76 bits per heavy atom. The number of rotatable bonds is 2. The summed E-state index contributed by atoms with van der Waals surface area (Å²) in [6.07, 6.45) is -4.57. The number of hydrazine groups is 1. The zero-order valence-corrected chi connectivity index (χ0v) is 12.2. The lowest BCUT2D eigenvalue weighted by molar-refractivity contribution is -0.137. The van der Waals surface area contributed by atoms with Crippen molar-refractivity contribution in [3.05, 3.63) is 29.3 Å². The standard InChI is InChI=1S/C13H16F3N3OS/c1-8-7-19(4-5-21-8)12(20)9-2-3-11(18-17)10(6-9)13(14,15)16/h2-3,6,8,18H,4-5,7,17H2,1H3. The predicted molar refractivity (Wildman–Crippen MR) is 77.1 cm³/mol. The van der Waals surface area contributed by atoms with Gasteiger partial charge in [-0.3, -0.25) is 10.6 Å². The van der Waals surface area contributed by atoms with Gasteiger partial charge >= 0.3 is 6.18 Å². The minimum Gasteiger partial charge on any atom is -0.337 e. The molecule has 1 heterocycles. The second-order valence-electron chi connectivity index (χ2n) is 4.84. The first-order valence-corrected chi connectivity index (χ1v) is 7.46. The van der Waals surface area contributed by atoms with Crippen molar-refractivity contribution in [1.29, 1.82) is 0 Å². The van der Waals surface area contributed by atoms with Crippen LogP contribution in [-0.2, 0) is 6.18 Å². The van der Waals surface area contributed by atoms with E-state index in [1.807, 2.05) is 12.3 Å². The molecule has 0 bridgehead atoms. The smallest absolute Gasteiger partial charge is 0.337 e. The van der Waals surface area contributed by atoms with E-state index in [0.717, 1.165) is 11.8 Å². The van der Waals surface area contributed by atoms with E-state index in [0.29, 0.717) is 13.1 Å². The second kappa shape index (κ2) is 6.15. The number of alkyl halides is 3. The molecule has 0 saturated carbocycles. The fraction of sp³-hybridized carbons (Fsp3) is 0.462. The Kier molecular flexibility index (Phi) is 4.67. The average Bonchev–Trinajstić information content (AvgIpc) is 2.45. The van der Waals surface area contributed by atoms with Crippen LogP contribution in [0.25, 0.3) is 0 Å². The van der Waals surface area contributed by atoms with Gasteiger partial charge in [0.25, 0.3) is 5.91 Å². The van der Waals surface area contributed by atoms with Crippen LogP contribution >= 0.6 is 11.8 Å². The zero-order chi connectivity index (χ0) is 15.6. The number of thioether (sulfide) groups is 1. The monoisotopic (exact) mass is 319 g/mol. The van der Waals surface area contributed by atoms with Gasteiger partial charge in [-0.15, -0.1) is 0 Å². The Bertz CT molecular complexity index is 536. The number of hydrogen-bond acceptors (Lipinski definition) is 4. The molecule has 1 atom stereocenters. The second-order valence-corrected chi connectivity index (χ2v) is 6.38. The lowest BCUT2D eigenvalue weighted by Gasteiger charge is -2.30. The number of carbonyl (C=O) groups is 1. The van der Waals surface area contributed by atoms with Crippen LogP contribution in [0.15, 0.2) is 18.2 Å². The average molecular weight is 319 g/mol. The summed E-state index contributed by atoms with van der Waals surface area (Å²) in [4.78, 5) is 13.9. The third-order valence-electron chi connectivity index (χ3n) is 3.26. The first kappa shape index (κ1) is 16.0. The Hall–Kier alpha value is -1.41. The molecular formula is C13H16F3N3OS. The largest absolute Gasteiger partial charge is 0.418 e. The van der Waals surface area contributed by atoms with Gasteiger partial charge in [0.15, 0.2) is 0 Å². The number of benzene rings is 1. The predicted octanol–water partition coefficient (Wildman–Crippen LogP) is 2.57. The molecule has 0 aliphatic carbocycles. The molecule has 116 valence electrons. The van der Waals surface area contributed by atoms with Gasteiger partial charge < -0.3 is 10.3 Å². The van der Waals surface area contributed by atoms with Crippen LogP contribution in [0.1, 0.15) is 22.8 Å². The lowest BCUT2D eigenvalue weighted by atomic mass is 10.1. The van der Waals surface area contributed by atoms with Crippen LogP contribution in [0, 0.1) is 0 Å². The molecule has 1 aromatic carbocycles. The van der Waals surface area contributed by atoms with Gasteiger partial charge in [0.2, 0.25) is 0 Å². The third-order valence-corrected chi connectivity index (χ3v) is 4.39. The molecule has 1 amide bonds. The molecule has 1 fully saturated rings. The summed E-state index contributed by atoms with van der Waals surface area (Å²) in [5.41, 5.74) is 0.851. The molecule has 4 nitrogen and oxygen atoms in total. The molecule has 8 heteroatoms. The van der Waals surface area contributed by atoms with Crippen LogP contribution in [0.4, 0.5) is 18.9 Å². The minimum absolute atomic E-state index is 0.0282. The Morgan fingerprint density at radius 2 is 2.19 bits per heavy atom. The molecule has 21 heavy (non-hydrogen) atoms. The summed E-state index contributed by atoms with van der Waals surface area (Å²) >= 11 is 1.75. The van der Waals surface area contributed by atoms with Crippen LogP contribution < -0.4 is 11.3 Å². The highest BCUT2D eigenvalue weighted by molar-refractivity contribution is 7.99. The molecule has 0 radical (unpaired) electrons. The van der Waals surface area contributed by atoms with Crippen LogP contribution in [0.5, 0.6) is 0 Å². The lowest BCUT2D eigenvalue weighted by Crippen LogP contribution is -2.41. The van der Waals surface area contributed by atoms with Crippen LogP contribution in [0.3, 0.4) is 0 Å². The molecule has 1 unspecified atom stereocenters. The van der Waals surface area contributed by atoms with E-state index in [9.17, 15) is 18.0 Å². The maximum absolute atomic E-state index is 13.0. The van der Waals surface area contributed by atoms with Crippen molar-refractivity contribution in [3.63, 3.8) is 0 Å². The fourth-order valence-electron chi connectivity index (χ4n) is 2.22. The highest BCUT2D eigenvalue weighted by atomic mass is 32.2. The van der Waals surface area contributed by atoms with Crippen molar-refractivity contribution in [3.8, 4) is 0 Å². The highest BCUT2D eigenvalue weighted by Crippen LogP contribution is 2.35. The van der Waals surface area contributed by atoms with Crippen molar-refractivity contribution in [2.75, 3.05) is 24.3 Å². The number of anilines is 1. The Balaban J connectivity index is 2.29. The summed E-state index contributed by atoms with van der Waals surface area (Å²) < 4.78 is 38.9. The van der Waals surface area contributed by atoms with Crippen LogP contribution in [-0.4, -0.2) is 34.9 Å². The number of amides is 1. The van der Waals surface area contributed by atoms with E-state index >= 15 is 0 Å². The van der Waals surface area contributed by atoms with Crippen molar-refractivity contribution >= 4 is 23.4 Å². The van der Waals surface area contributed by atoms with E-state index in [-0.39, 0.29) is 22.4 Å². The maximum atomic E-state index is 13.0. The molecule has 2 rings (SSSR count). The summed E-state index contributed by atoms with van der Waals surface area (Å²) in [5, 5.41) is 0.287. The van der Waals surface area contributed by atoms with Crippen molar-refractivity contribution in [2.45, 2.75) is 18.3 Å². The highest BCUT2D eigenvalue weighted by Gasteiger charge is 2.34. The van der Waals surface area contributed by atoms with E-state index in [2.05, 4.69) is 0 Å². The van der Waals surface area contributed by atoms with Crippen molar-refractivity contribution in [2.24, 2.45) is 5.84 Å². The molecule has 1 aliphatic heterocycles. The Morgan fingerprint density at radius 1 is 1.48 bits per heavy atom. The Labute approximate surface area is 124 Å². The van der Waals surface area contributed by atoms with Gasteiger partial charge in [0.05, 0.1) is 11.3 Å². The van der Waals surface area contributed by atoms with E-state index in [1.54, 1.807) is 16.7 Å². The zero-order valence-electron chi connectivity index (χ0n) is 11.4. The van der Waals surface area contributed by atoms with E-state index in [1.165, 1.54) is 12.1 Å². The van der Waals surface area contributed by atoms with Gasteiger partial charge in [-0.05, 0) is 18.2 Å². The molecule has 3 N–H and O–H groups in total. The SMILES string of the molecule is CC1CN(C(=O)c2ccc(NN)c(C(F)(F)F)c2)CCS1. The molecule has 0 spiro atoms. The van der Waals surface area contributed by atoms with Gasteiger partial charge in [0.1, 0.15) is 0 Å². The number of nitrogens with one attached hydrogen (secondary N) is 1. The fourth-order valence-corrected chi connectivity index (χ4v) is 3.24. The molecule has 0 aromatic heterocycles. The molecular weight excluding hydrogens is 303 g/mol. The summed E-state index contributed by atoms with van der Waals surface area (Å²) in [7, 11) is 0. The third kappa shape index (κ3) is 3.62. The van der Waals surface area contributed by atoms with Crippen LogP contribution in [0.2, 0.25) is 0 Å². The number of nitrogen functional groups attached to an aromatic ring is 1. The summed E-state index contributed by atoms with van der Waals surface area (Å²) in [6.45, 7) is 3.08. The molecule has 1 saturated heterocycles. The first-order valence-electron chi connectivity index (χ1n) is 6.41. The maximum Gasteiger partial charge on any atom is 0.418 e. The van der Waals surface area contributed by atoms with Gasteiger partial charge in [-0.2, -0.15) is 24.9 Å².